The number of likely N-dealkylation sites (tertiary alicyclic amines) is 1. The molecule has 1 aromatic rings. The second-order valence-electron chi connectivity index (χ2n) is 6.20. The van der Waals surface area contributed by atoms with Crippen molar-refractivity contribution in [2.45, 2.75) is 45.2 Å². The van der Waals surface area contributed by atoms with Crippen LogP contribution in [0.4, 0.5) is 0 Å². The Hall–Kier alpha value is -0.930. The molecule has 1 aliphatic heterocycles. The third kappa shape index (κ3) is 4.02. The fourth-order valence-electron chi connectivity index (χ4n) is 3.00. The first-order valence-electron chi connectivity index (χ1n) is 7.68. The molecule has 19 heavy (non-hydrogen) atoms. The highest BCUT2D eigenvalue weighted by Crippen LogP contribution is 2.22. The Kier molecular flexibility index (Phi) is 4.14. The van der Waals surface area contributed by atoms with Crippen LogP contribution in [-0.4, -0.2) is 35.6 Å². The summed E-state index contributed by atoms with van der Waals surface area (Å²) in [6.07, 6.45) is 5.51. The van der Waals surface area contributed by atoms with Crippen LogP contribution in [0.2, 0.25) is 0 Å². The van der Waals surface area contributed by atoms with Gasteiger partial charge in [-0.25, -0.2) is 0 Å². The summed E-state index contributed by atoms with van der Waals surface area (Å²) in [5.41, 5.74) is 2.34. The van der Waals surface area contributed by atoms with E-state index in [1.54, 1.807) is 0 Å². The number of pyridine rings is 1. The van der Waals surface area contributed by atoms with Crippen molar-refractivity contribution < 1.29 is 0 Å². The van der Waals surface area contributed by atoms with Crippen LogP contribution in [0.3, 0.4) is 0 Å². The molecule has 2 fully saturated rings. The van der Waals surface area contributed by atoms with Crippen LogP contribution in [0.15, 0.2) is 18.2 Å². The van der Waals surface area contributed by atoms with Crippen molar-refractivity contribution in [3.63, 3.8) is 0 Å². The van der Waals surface area contributed by atoms with Gasteiger partial charge in [-0.05, 0) is 63.7 Å². The third-order valence-electron chi connectivity index (χ3n) is 4.21. The molecule has 2 heterocycles. The topological polar surface area (TPSA) is 28.2 Å². The van der Waals surface area contributed by atoms with Gasteiger partial charge in [0, 0.05) is 24.8 Å². The second kappa shape index (κ2) is 6.02. The molecule has 1 aliphatic carbocycles. The van der Waals surface area contributed by atoms with Gasteiger partial charge in [0.25, 0.3) is 0 Å². The molecular formula is C16H25N3. The maximum absolute atomic E-state index is 4.62. The Labute approximate surface area is 116 Å². The molecule has 3 rings (SSSR count). The smallest absolute Gasteiger partial charge is 0.0547 e. The van der Waals surface area contributed by atoms with Gasteiger partial charge in [-0.15, -0.1) is 0 Å². The highest BCUT2D eigenvalue weighted by atomic mass is 15.1. The van der Waals surface area contributed by atoms with Gasteiger partial charge in [0.05, 0.1) is 5.69 Å². The largest absolute Gasteiger partial charge is 0.314 e. The van der Waals surface area contributed by atoms with E-state index in [2.05, 4.69) is 40.3 Å². The van der Waals surface area contributed by atoms with Gasteiger partial charge in [-0.2, -0.15) is 0 Å². The summed E-state index contributed by atoms with van der Waals surface area (Å²) < 4.78 is 0. The fourth-order valence-corrected chi connectivity index (χ4v) is 3.00. The summed E-state index contributed by atoms with van der Waals surface area (Å²) in [7, 11) is 0. The maximum Gasteiger partial charge on any atom is 0.0547 e. The molecule has 1 saturated carbocycles. The molecule has 1 N–H and O–H groups in total. The highest BCUT2D eigenvalue weighted by molar-refractivity contribution is 5.09. The first-order chi connectivity index (χ1) is 9.29. The van der Waals surface area contributed by atoms with E-state index in [1.807, 2.05) is 0 Å². The van der Waals surface area contributed by atoms with E-state index >= 15 is 0 Å². The zero-order valence-electron chi connectivity index (χ0n) is 11.9. The summed E-state index contributed by atoms with van der Waals surface area (Å²) in [6, 6.07) is 7.18. The zero-order valence-corrected chi connectivity index (χ0v) is 11.9. The van der Waals surface area contributed by atoms with Crippen LogP contribution >= 0.6 is 0 Å². The minimum absolute atomic E-state index is 0.833. The second-order valence-corrected chi connectivity index (χ2v) is 6.20. The van der Waals surface area contributed by atoms with E-state index < -0.39 is 0 Å². The molecule has 0 spiro atoms. The minimum atomic E-state index is 0.833. The molecule has 0 bridgehead atoms. The fraction of sp³-hybridized carbons (Fsp3) is 0.688. The Balaban J connectivity index is 1.49. The van der Waals surface area contributed by atoms with E-state index in [4.69, 9.17) is 0 Å². The number of aromatic nitrogens is 1. The predicted molar refractivity (Wildman–Crippen MR) is 78.0 cm³/mol. The molecule has 1 aromatic heterocycles. The van der Waals surface area contributed by atoms with E-state index in [9.17, 15) is 0 Å². The standard InChI is InChI=1S/C16H25N3/c1-13-4-2-6-16(18-13)12-19-9-3-5-14(11-19)10-17-15-7-8-15/h2,4,6,14-15,17H,3,5,7-12H2,1H3. The van der Waals surface area contributed by atoms with Gasteiger partial charge in [0.1, 0.15) is 0 Å². The van der Waals surface area contributed by atoms with Crippen molar-refractivity contribution >= 4 is 0 Å². The monoisotopic (exact) mass is 259 g/mol. The number of rotatable bonds is 5. The average molecular weight is 259 g/mol. The SMILES string of the molecule is Cc1cccc(CN2CCCC(CNC3CC3)C2)n1. The minimum Gasteiger partial charge on any atom is -0.314 e. The normalized spacial score (nSPS) is 24.6. The summed E-state index contributed by atoms with van der Waals surface area (Å²) in [5.74, 6) is 0.833. The summed E-state index contributed by atoms with van der Waals surface area (Å²) in [5, 5.41) is 3.68. The lowest BCUT2D eigenvalue weighted by atomic mass is 9.98. The van der Waals surface area contributed by atoms with E-state index in [0.717, 1.165) is 24.2 Å². The number of nitrogens with zero attached hydrogens (tertiary/aromatic N) is 2. The summed E-state index contributed by atoms with van der Waals surface area (Å²) in [6.45, 7) is 6.76. The van der Waals surface area contributed by atoms with Crippen molar-refractivity contribution in [1.29, 1.82) is 0 Å². The molecule has 0 radical (unpaired) electrons. The van der Waals surface area contributed by atoms with Crippen LogP contribution in [-0.2, 0) is 6.54 Å². The Morgan fingerprint density at radius 1 is 1.32 bits per heavy atom. The number of hydrogen-bond acceptors (Lipinski definition) is 3. The molecule has 1 saturated heterocycles. The number of hydrogen-bond donors (Lipinski definition) is 1. The zero-order chi connectivity index (χ0) is 13.1. The molecule has 3 heteroatoms. The van der Waals surface area contributed by atoms with Crippen molar-refractivity contribution in [3.05, 3.63) is 29.6 Å². The molecule has 1 atom stereocenters. The van der Waals surface area contributed by atoms with Gasteiger partial charge >= 0.3 is 0 Å². The highest BCUT2D eigenvalue weighted by Gasteiger charge is 2.24. The Morgan fingerprint density at radius 2 is 2.21 bits per heavy atom. The van der Waals surface area contributed by atoms with E-state index in [0.29, 0.717) is 0 Å². The first-order valence-corrected chi connectivity index (χ1v) is 7.68. The van der Waals surface area contributed by atoms with E-state index in [1.165, 1.54) is 51.0 Å². The van der Waals surface area contributed by atoms with Crippen LogP contribution in [0, 0.1) is 12.8 Å². The van der Waals surface area contributed by atoms with Gasteiger partial charge in [-0.3, -0.25) is 9.88 Å². The lowest BCUT2D eigenvalue weighted by Crippen LogP contribution is -2.39. The molecule has 3 nitrogen and oxygen atoms in total. The predicted octanol–water partition coefficient (Wildman–Crippen LogP) is 2.35. The lowest BCUT2D eigenvalue weighted by molar-refractivity contribution is 0.163. The molecule has 0 aromatic carbocycles. The molecule has 0 amide bonds. The number of piperidine rings is 1. The third-order valence-corrected chi connectivity index (χ3v) is 4.21. The first kappa shape index (κ1) is 13.1. The van der Waals surface area contributed by atoms with Gasteiger partial charge in [-0.1, -0.05) is 6.07 Å². The van der Waals surface area contributed by atoms with Crippen LogP contribution < -0.4 is 5.32 Å². The Bertz CT molecular complexity index is 414. The van der Waals surface area contributed by atoms with Gasteiger partial charge in [0.2, 0.25) is 0 Å². The van der Waals surface area contributed by atoms with Crippen molar-refractivity contribution in [2.24, 2.45) is 5.92 Å². The average Bonchev–Trinajstić information content (AvgIpc) is 3.21. The van der Waals surface area contributed by atoms with E-state index in [-0.39, 0.29) is 0 Å². The molecular weight excluding hydrogens is 234 g/mol. The quantitative estimate of drug-likeness (QED) is 0.880. The maximum atomic E-state index is 4.62. The van der Waals surface area contributed by atoms with Crippen LogP contribution in [0.25, 0.3) is 0 Å². The van der Waals surface area contributed by atoms with Crippen molar-refractivity contribution in [3.8, 4) is 0 Å². The molecule has 2 aliphatic rings. The van der Waals surface area contributed by atoms with Crippen LogP contribution in [0.5, 0.6) is 0 Å². The van der Waals surface area contributed by atoms with Gasteiger partial charge < -0.3 is 5.32 Å². The number of aryl methyl sites for hydroxylation is 1. The summed E-state index contributed by atoms with van der Waals surface area (Å²) in [4.78, 5) is 7.19. The summed E-state index contributed by atoms with van der Waals surface area (Å²) >= 11 is 0. The number of nitrogens with one attached hydrogen (secondary N) is 1. The van der Waals surface area contributed by atoms with Gasteiger partial charge in [0.15, 0.2) is 0 Å². The molecule has 104 valence electrons. The lowest BCUT2D eigenvalue weighted by Gasteiger charge is -2.32. The molecule has 1 unspecified atom stereocenters. The van der Waals surface area contributed by atoms with Crippen molar-refractivity contribution in [2.75, 3.05) is 19.6 Å². The van der Waals surface area contributed by atoms with Crippen LogP contribution in [0.1, 0.15) is 37.1 Å². The van der Waals surface area contributed by atoms with Crippen molar-refractivity contribution in [1.82, 2.24) is 15.2 Å². The Morgan fingerprint density at radius 3 is 3.00 bits per heavy atom.